The van der Waals surface area contributed by atoms with E-state index in [1.165, 1.54) is 16.0 Å². The van der Waals surface area contributed by atoms with E-state index in [0.717, 1.165) is 25.3 Å². The van der Waals surface area contributed by atoms with E-state index in [2.05, 4.69) is 33.5 Å². The summed E-state index contributed by atoms with van der Waals surface area (Å²) in [6.45, 7) is 8.49. The summed E-state index contributed by atoms with van der Waals surface area (Å²) in [7, 11) is 1.99. The number of carbonyl (C=O) groups is 2. The quantitative estimate of drug-likeness (QED) is 0.757. The first-order valence-electron chi connectivity index (χ1n) is 9.99. The van der Waals surface area contributed by atoms with Crippen molar-refractivity contribution in [2.75, 3.05) is 51.6 Å². The van der Waals surface area contributed by atoms with Crippen LogP contribution in [0.1, 0.15) is 16.0 Å². The highest BCUT2D eigenvalue weighted by Crippen LogP contribution is 2.17. The summed E-state index contributed by atoms with van der Waals surface area (Å²) >= 11 is 1.74. The minimum absolute atomic E-state index is 0.0142. The standard InChI is InChI=1S/C22H30N4O2S/c1-17-4-6-19(7-5-17)23-21(27)15-25-9-11-26(12-10-25)22(28)16-24(3)14-20-18(2)8-13-29-20/h4-8,13H,9-12,14-16H2,1-3H3,(H,23,27). The molecule has 3 rings (SSSR count). The van der Waals surface area contributed by atoms with Crippen molar-refractivity contribution in [3.8, 4) is 0 Å². The van der Waals surface area contributed by atoms with Crippen LogP contribution in [-0.4, -0.2) is 72.8 Å². The van der Waals surface area contributed by atoms with E-state index in [1.807, 2.05) is 43.1 Å². The van der Waals surface area contributed by atoms with Gasteiger partial charge in [0.2, 0.25) is 11.8 Å². The summed E-state index contributed by atoms with van der Waals surface area (Å²) in [6, 6.07) is 9.91. The molecule has 1 fully saturated rings. The molecule has 6 nitrogen and oxygen atoms in total. The fourth-order valence-corrected chi connectivity index (χ4v) is 4.38. The maximum atomic E-state index is 12.6. The van der Waals surface area contributed by atoms with E-state index in [1.54, 1.807) is 11.3 Å². The third-order valence-corrected chi connectivity index (χ3v) is 6.22. The first-order chi connectivity index (χ1) is 13.9. The van der Waals surface area contributed by atoms with Crippen LogP contribution in [0.15, 0.2) is 35.7 Å². The Morgan fingerprint density at radius 1 is 1.07 bits per heavy atom. The van der Waals surface area contributed by atoms with Crippen molar-refractivity contribution < 1.29 is 9.59 Å². The number of amides is 2. The molecule has 0 saturated carbocycles. The van der Waals surface area contributed by atoms with Gasteiger partial charge in [0.25, 0.3) is 0 Å². The van der Waals surface area contributed by atoms with Crippen LogP contribution in [0.2, 0.25) is 0 Å². The topological polar surface area (TPSA) is 55.9 Å². The molecular formula is C22H30N4O2S. The van der Waals surface area contributed by atoms with Crippen LogP contribution in [-0.2, 0) is 16.1 Å². The molecule has 1 saturated heterocycles. The van der Waals surface area contributed by atoms with Gasteiger partial charge in [0, 0.05) is 43.3 Å². The molecular weight excluding hydrogens is 384 g/mol. The summed E-state index contributed by atoms with van der Waals surface area (Å²) < 4.78 is 0. The Hall–Kier alpha value is -2.22. The maximum absolute atomic E-state index is 12.6. The first-order valence-corrected chi connectivity index (χ1v) is 10.9. The molecule has 0 spiro atoms. The lowest BCUT2D eigenvalue weighted by atomic mass is 10.2. The summed E-state index contributed by atoms with van der Waals surface area (Å²) in [4.78, 5) is 32.3. The molecule has 1 N–H and O–H groups in total. The van der Waals surface area contributed by atoms with Gasteiger partial charge >= 0.3 is 0 Å². The van der Waals surface area contributed by atoms with Crippen LogP contribution in [0, 0.1) is 13.8 Å². The average molecular weight is 415 g/mol. The SMILES string of the molecule is Cc1ccc(NC(=O)CN2CCN(C(=O)CN(C)Cc3sccc3C)CC2)cc1. The van der Waals surface area contributed by atoms with Crippen LogP contribution in [0.4, 0.5) is 5.69 Å². The zero-order valence-electron chi connectivity index (χ0n) is 17.5. The number of carbonyl (C=O) groups excluding carboxylic acids is 2. The average Bonchev–Trinajstić information content (AvgIpc) is 3.08. The molecule has 1 aliphatic rings. The van der Waals surface area contributed by atoms with Crippen LogP contribution >= 0.6 is 11.3 Å². The monoisotopic (exact) mass is 414 g/mol. The van der Waals surface area contributed by atoms with Crippen molar-refractivity contribution in [3.63, 3.8) is 0 Å². The van der Waals surface area contributed by atoms with Crippen molar-refractivity contribution in [1.82, 2.24) is 14.7 Å². The fourth-order valence-electron chi connectivity index (χ4n) is 3.39. The van der Waals surface area contributed by atoms with Gasteiger partial charge in [-0.25, -0.2) is 0 Å². The van der Waals surface area contributed by atoms with Crippen molar-refractivity contribution in [2.24, 2.45) is 0 Å². The molecule has 1 aromatic carbocycles. The van der Waals surface area contributed by atoms with Crippen molar-refractivity contribution in [2.45, 2.75) is 20.4 Å². The molecule has 156 valence electrons. The lowest BCUT2D eigenvalue weighted by Crippen LogP contribution is -2.52. The predicted molar refractivity (Wildman–Crippen MR) is 118 cm³/mol. The second-order valence-corrected chi connectivity index (χ2v) is 8.77. The number of nitrogens with zero attached hydrogens (tertiary/aromatic N) is 3. The molecule has 2 amide bonds. The van der Waals surface area contributed by atoms with Gasteiger partial charge in [-0.3, -0.25) is 19.4 Å². The number of benzene rings is 1. The van der Waals surface area contributed by atoms with Crippen molar-refractivity contribution in [1.29, 1.82) is 0 Å². The van der Waals surface area contributed by atoms with Gasteiger partial charge < -0.3 is 10.2 Å². The zero-order chi connectivity index (χ0) is 20.8. The summed E-state index contributed by atoms with van der Waals surface area (Å²) in [5, 5.41) is 5.03. The van der Waals surface area contributed by atoms with Crippen LogP contribution in [0.25, 0.3) is 0 Å². The van der Waals surface area contributed by atoms with Gasteiger partial charge in [-0.2, -0.15) is 0 Å². The Balaban J connectivity index is 1.39. The van der Waals surface area contributed by atoms with Gasteiger partial charge in [-0.1, -0.05) is 17.7 Å². The molecule has 1 aliphatic heterocycles. The molecule has 2 aromatic rings. The number of thiophene rings is 1. The molecule has 0 aliphatic carbocycles. The van der Waals surface area contributed by atoms with E-state index in [-0.39, 0.29) is 11.8 Å². The number of nitrogens with one attached hydrogen (secondary N) is 1. The number of hydrogen-bond donors (Lipinski definition) is 1. The second-order valence-electron chi connectivity index (χ2n) is 7.77. The summed E-state index contributed by atoms with van der Waals surface area (Å²) in [5.41, 5.74) is 3.27. The highest BCUT2D eigenvalue weighted by atomic mass is 32.1. The molecule has 29 heavy (non-hydrogen) atoms. The van der Waals surface area contributed by atoms with Crippen molar-refractivity contribution >= 4 is 28.8 Å². The molecule has 0 bridgehead atoms. The normalized spacial score (nSPS) is 15.0. The minimum Gasteiger partial charge on any atom is -0.339 e. The van der Waals surface area contributed by atoms with Gasteiger partial charge in [-0.05, 0) is 50.0 Å². The van der Waals surface area contributed by atoms with E-state index < -0.39 is 0 Å². The van der Waals surface area contributed by atoms with Crippen LogP contribution < -0.4 is 5.32 Å². The van der Waals surface area contributed by atoms with Crippen molar-refractivity contribution in [3.05, 3.63) is 51.7 Å². The Morgan fingerprint density at radius 3 is 2.38 bits per heavy atom. The summed E-state index contributed by atoms with van der Waals surface area (Å²) in [5.74, 6) is 0.144. The number of likely N-dealkylation sites (N-methyl/N-ethyl adjacent to an activating group) is 1. The maximum Gasteiger partial charge on any atom is 0.238 e. The number of hydrogen-bond acceptors (Lipinski definition) is 5. The highest BCUT2D eigenvalue weighted by molar-refractivity contribution is 7.10. The number of aryl methyl sites for hydroxylation is 2. The predicted octanol–water partition coefficient (Wildman–Crippen LogP) is 2.58. The number of piperazine rings is 1. The van der Waals surface area contributed by atoms with Gasteiger partial charge in [0.05, 0.1) is 13.1 Å². The molecule has 0 unspecified atom stereocenters. The zero-order valence-corrected chi connectivity index (χ0v) is 18.3. The van der Waals surface area contributed by atoms with Gasteiger partial charge in [-0.15, -0.1) is 11.3 Å². The molecule has 2 heterocycles. The van der Waals surface area contributed by atoms with E-state index in [0.29, 0.717) is 26.2 Å². The van der Waals surface area contributed by atoms with E-state index in [4.69, 9.17) is 0 Å². The molecule has 0 radical (unpaired) electrons. The van der Waals surface area contributed by atoms with E-state index >= 15 is 0 Å². The third-order valence-electron chi connectivity index (χ3n) is 5.21. The Kier molecular flexibility index (Phi) is 7.41. The largest absolute Gasteiger partial charge is 0.339 e. The van der Waals surface area contributed by atoms with E-state index in [9.17, 15) is 9.59 Å². The van der Waals surface area contributed by atoms with Crippen LogP contribution in [0.5, 0.6) is 0 Å². The minimum atomic E-state index is -0.0142. The third kappa shape index (κ3) is 6.39. The molecule has 7 heteroatoms. The summed E-state index contributed by atoms with van der Waals surface area (Å²) in [6.07, 6.45) is 0. The lowest BCUT2D eigenvalue weighted by molar-refractivity contribution is -0.134. The second kappa shape index (κ2) is 10.0. The highest BCUT2D eigenvalue weighted by Gasteiger charge is 2.23. The Bertz CT molecular complexity index is 826. The lowest BCUT2D eigenvalue weighted by Gasteiger charge is -2.35. The number of anilines is 1. The fraction of sp³-hybridized carbons (Fsp3) is 0.455. The van der Waals surface area contributed by atoms with Crippen LogP contribution in [0.3, 0.4) is 0 Å². The van der Waals surface area contributed by atoms with Gasteiger partial charge in [0.1, 0.15) is 0 Å². The Morgan fingerprint density at radius 2 is 1.76 bits per heavy atom. The van der Waals surface area contributed by atoms with Gasteiger partial charge in [0.15, 0.2) is 0 Å². The molecule has 1 aromatic heterocycles. The Labute approximate surface area is 177 Å². The smallest absolute Gasteiger partial charge is 0.238 e. The number of rotatable bonds is 7. The molecule has 0 atom stereocenters. The first kappa shape index (κ1) is 21.5.